The van der Waals surface area contributed by atoms with E-state index in [-0.39, 0.29) is 10.9 Å². The normalized spacial score (nSPS) is 10.9. The molecular formula is C14H15N3O3S. The second-order valence-electron chi connectivity index (χ2n) is 4.46. The minimum absolute atomic E-state index is 0.257. The van der Waals surface area contributed by atoms with Crippen molar-refractivity contribution in [2.75, 3.05) is 11.6 Å². The number of carbonyl (C=O) groups excluding carboxylic acids is 1. The van der Waals surface area contributed by atoms with Crippen molar-refractivity contribution in [3.63, 3.8) is 0 Å². The zero-order valence-corrected chi connectivity index (χ0v) is 12.2. The van der Waals surface area contributed by atoms with E-state index in [2.05, 4.69) is 15.6 Å². The Balaban J connectivity index is 1.90. The molecule has 0 aliphatic heterocycles. The maximum Gasteiger partial charge on any atom is 0.319 e. The van der Waals surface area contributed by atoms with Crippen LogP contribution in [0.3, 0.4) is 0 Å². The minimum Gasteiger partial charge on any atom is -0.334 e. The molecule has 0 saturated heterocycles. The third kappa shape index (κ3) is 4.57. The first kappa shape index (κ1) is 15.0. The van der Waals surface area contributed by atoms with E-state index < -0.39 is 9.84 Å². The van der Waals surface area contributed by atoms with Gasteiger partial charge in [-0.25, -0.2) is 13.2 Å². The molecule has 0 aliphatic rings. The van der Waals surface area contributed by atoms with Crippen molar-refractivity contribution in [3.05, 3.63) is 54.4 Å². The summed E-state index contributed by atoms with van der Waals surface area (Å²) in [4.78, 5) is 15.8. The molecule has 6 nitrogen and oxygen atoms in total. The van der Waals surface area contributed by atoms with Gasteiger partial charge in [-0.1, -0.05) is 12.1 Å². The number of pyridine rings is 1. The Bertz CT molecular complexity index is 713. The maximum absolute atomic E-state index is 11.7. The van der Waals surface area contributed by atoms with E-state index in [1.54, 1.807) is 36.7 Å². The van der Waals surface area contributed by atoms with E-state index >= 15 is 0 Å². The molecular weight excluding hydrogens is 290 g/mol. The van der Waals surface area contributed by atoms with E-state index in [9.17, 15) is 13.2 Å². The van der Waals surface area contributed by atoms with E-state index in [0.717, 1.165) is 11.8 Å². The van der Waals surface area contributed by atoms with Crippen LogP contribution in [0.4, 0.5) is 10.5 Å². The second kappa shape index (κ2) is 6.36. The highest BCUT2D eigenvalue weighted by Crippen LogP contribution is 2.10. The predicted octanol–water partition coefficient (Wildman–Crippen LogP) is 1.81. The molecule has 7 heteroatoms. The maximum atomic E-state index is 11.7. The second-order valence-corrected chi connectivity index (χ2v) is 6.48. The van der Waals surface area contributed by atoms with Crippen LogP contribution in [0.2, 0.25) is 0 Å². The highest BCUT2D eigenvalue weighted by molar-refractivity contribution is 7.90. The smallest absolute Gasteiger partial charge is 0.319 e. The van der Waals surface area contributed by atoms with Crippen LogP contribution in [0, 0.1) is 0 Å². The largest absolute Gasteiger partial charge is 0.334 e. The SMILES string of the molecule is CS(=O)(=O)c1ccc(CNC(=O)Nc2ccncc2)cc1. The van der Waals surface area contributed by atoms with Crippen LogP contribution in [0.15, 0.2) is 53.7 Å². The van der Waals surface area contributed by atoms with Gasteiger partial charge in [-0.3, -0.25) is 4.98 Å². The van der Waals surface area contributed by atoms with Gasteiger partial charge in [-0.05, 0) is 29.8 Å². The van der Waals surface area contributed by atoms with Crippen LogP contribution < -0.4 is 10.6 Å². The van der Waals surface area contributed by atoms with Gasteiger partial charge in [0.25, 0.3) is 0 Å². The Hall–Kier alpha value is -2.41. The Morgan fingerprint density at radius 3 is 2.29 bits per heavy atom. The number of aromatic nitrogens is 1. The zero-order valence-electron chi connectivity index (χ0n) is 11.4. The van der Waals surface area contributed by atoms with Crippen LogP contribution in [0.5, 0.6) is 0 Å². The van der Waals surface area contributed by atoms with Crippen molar-refractivity contribution < 1.29 is 13.2 Å². The lowest BCUT2D eigenvalue weighted by Crippen LogP contribution is -2.28. The molecule has 0 aliphatic carbocycles. The molecule has 2 amide bonds. The van der Waals surface area contributed by atoms with Gasteiger partial charge >= 0.3 is 6.03 Å². The molecule has 2 rings (SSSR count). The average molecular weight is 305 g/mol. The van der Waals surface area contributed by atoms with Crippen LogP contribution in [-0.4, -0.2) is 25.7 Å². The van der Waals surface area contributed by atoms with Gasteiger partial charge in [0.15, 0.2) is 9.84 Å². The molecule has 0 bridgehead atoms. The standard InChI is InChI=1S/C14H15N3O3S/c1-21(19,20)13-4-2-11(3-5-13)10-16-14(18)17-12-6-8-15-9-7-12/h2-9H,10H2,1H3,(H2,15,16,17,18). The van der Waals surface area contributed by atoms with E-state index in [1.165, 1.54) is 12.1 Å². The van der Waals surface area contributed by atoms with Gasteiger partial charge < -0.3 is 10.6 Å². The number of carbonyl (C=O) groups is 1. The number of hydrogen-bond acceptors (Lipinski definition) is 4. The third-order valence-corrected chi connectivity index (χ3v) is 3.87. The summed E-state index contributed by atoms with van der Waals surface area (Å²) in [6.45, 7) is 0.307. The van der Waals surface area contributed by atoms with Crippen LogP contribution in [-0.2, 0) is 16.4 Å². The number of nitrogens with one attached hydrogen (secondary N) is 2. The van der Waals surface area contributed by atoms with Crippen molar-refractivity contribution in [1.29, 1.82) is 0 Å². The fourth-order valence-electron chi connectivity index (χ4n) is 1.65. The first-order valence-corrected chi connectivity index (χ1v) is 8.08. The zero-order chi connectivity index (χ0) is 15.3. The summed E-state index contributed by atoms with van der Waals surface area (Å²) in [5.41, 5.74) is 1.46. The molecule has 110 valence electrons. The molecule has 2 aromatic rings. The van der Waals surface area contributed by atoms with Gasteiger partial charge in [0.2, 0.25) is 0 Å². The van der Waals surface area contributed by atoms with E-state index in [4.69, 9.17) is 0 Å². The van der Waals surface area contributed by atoms with E-state index in [0.29, 0.717) is 12.2 Å². The topological polar surface area (TPSA) is 88.2 Å². The molecule has 0 unspecified atom stereocenters. The van der Waals surface area contributed by atoms with Crippen molar-refractivity contribution in [2.45, 2.75) is 11.4 Å². The van der Waals surface area contributed by atoms with Crippen LogP contribution in [0.25, 0.3) is 0 Å². The molecule has 1 aromatic heterocycles. The molecule has 0 spiro atoms. The number of rotatable bonds is 4. The number of sulfone groups is 1. The number of benzene rings is 1. The van der Waals surface area contributed by atoms with Crippen molar-refractivity contribution in [2.24, 2.45) is 0 Å². The predicted molar refractivity (Wildman–Crippen MR) is 79.6 cm³/mol. The van der Waals surface area contributed by atoms with Gasteiger partial charge in [0, 0.05) is 30.9 Å². The lowest BCUT2D eigenvalue weighted by atomic mass is 10.2. The third-order valence-electron chi connectivity index (χ3n) is 2.74. The van der Waals surface area contributed by atoms with Crippen molar-refractivity contribution >= 4 is 21.6 Å². The van der Waals surface area contributed by atoms with Gasteiger partial charge in [-0.15, -0.1) is 0 Å². The first-order valence-electron chi connectivity index (χ1n) is 6.19. The average Bonchev–Trinajstić information content (AvgIpc) is 2.46. The molecule has 21 heavy (non-hydrogen) atoms. The van der Waals surface area contributed by atoms with Crippen molar-refractivity contribution in [3.8, 4) is 0 Å². The van der Waals surface area contributed by atoms with E-state index in [1.807, 2.05) is 0 Å². The molecule has 2 N–H and O–H groups in total. The molecule has 0 saturated carbocycles. The van der Waals surface area contributed by atoms with Crippen molar-refractivity contribution in [1.82, 2.24) is 10.3 Å². The summed E-state index contributed by atoms with van der Waals surface area (Å²) < 4.78 is 22.7. The number of amides is 2. The number of hydrogen-bond donors (Lipinski definition) is 2. The van der Waals surface area contributed by atoms with Crippen LogP contribution >= 0.6 is 0 Å². The molecule has 0 fully saturated rings. The summed E-state index contributed by atoms with van der Waals surface area (Å²) in [6, 6.07) is 9.40. The Kier molecular flexibility index (Phi) is 4.54. The summed E-state index contributed by atoms with van der Waals surface area (Å²) in [5.74, 6) is 0. The molecule has 1 heterocycles. The minimum atomic E-state index is -3.20. The lowest BCUT2D eigenvalue weighted by Gasteiger charge is -2.08. The summed E-state index contributed by atoms with van der Waals surface area (Å²) in [5, 5.41) is 5.35. The highest BCUT2D eigenvalue weighted by Gasteiger charge is 2.06. The monoisotopic (exact) mass is 305 g/mol. The Morgan fingerprint density at radius 1 is 1.10 bits per heavy atom. The lowest BCUT2D eigenvalue weighted by molar-refractivity contribution is 0.251. The fraction of sp³-hybridized carbons (Fsp3) is 0.143. The molecule has 0 atom stereocenters. The number of urea groups is 1. The summed E-state index contributed by atoms with van der Waals surface area (Å²) >= 11 is 0. The highest BCUT2D eigenvalue weighted by atomic mass is 32.2. The summed E-state index contributed by atoms with van der Waals surface area (Å²) in [7, 11) is -3.20. The first-order chi connectivity index (χ1) is 9.95. The Morgan fingerprint density at radius 2 is 1.71 bits per heavy atom. The Labute approximate surface area is 123 Å². The fourth-order valence-corrected chi connectivity index (χ4v) is 2.28. The van der Waals surface area contributed by atoms with Crippen LogP contribution in [0.1, 0.15) is 5.56 Å². The van der Waals surface area contributed by atoms with Gasteiger partial charge in [0.1, 0.15) is 0 Å². The molecule has 1 aromatic carbocycles. The summed E-state index contributed by atoms with van der Waals surface area (Å²) in [6.07, 6.45) is 4.32. The number of anilines is 1. The van der Waals surface area contributed by atoms with Gasteiger partial charge in [0.05, 0.1) is 4.90 Å². The number of nitrogens with zero attached hydrogens (tertiary/aromatic N) is 1. The van der Waals surface area contributed by atoms with Gasteiger partial charge in [-0.2, -0.15) is 0 Å². The quantitative estimate of drug-likeness (QED) is 0.901. The molecule has 0 radical (unpaired) electrons.